The highest BCUT2D eigenvalue weighted by atomic mass is 16.2. The largest absolute Gasteiger partial charge is 0.357 e. The summed E-state index contributed by atoms with van der Waals surface area (Å²) in [5.74, 6) is 1.73. The van der Waals surface area contributed by atoms with Crippen LogP contribution in [0.1, 0.15) is 45.6 Å². The standard InChI is InChI=1S/C19H31N5O2/c1-14(2)23-18(25)6-9-20-19(26)22-13-16-4-5-17(21-12-16)24-10-7-15(3)8-11-24/h4-5,12,14-15H,6-11,13H2,1-3H3,(H,23,25)(H2,20,22,26). The zero-order chi connectivity index (χ0) is 18.9. The Balaban J connectivity index is 1.67. The predicted octanol–water partition coefficient (Wildman–Crippen LogP) is 2.03. The zero-order valence-corrected chi connectivity index (χ0v) is 16.0. The van der Waals surface area contributed by atoms with Gasteiger partial charge in [0.1, 0.15) is 5.82 Å². The summed E-state index contributed by atoms with van der Waals surface area (Å²) in [5, 5.41) is 8.25. The number of piperidine rings is 1. The maximum atomic E-state index is 11.8. The van der Waals surface area contributed by atoms with Gasteiger partial charge in [0.15, 0.2) is 0 Å². The van der Waals surface area contributed by atoms with Crippen LogP contribution in [0.2, 0.25) is 0 Å². The third-order valence-electron chi connectivity index (χ3n) is 4.46. The molecule has 26 heavy (non-hydrogen) atoms. The first-order valence-corrected chi connectivity index (χ1v) is 9.45. The predicted molar refractivity (Wildman–Crippen MR) is 103 cm³/mol. The van der Waals surface area contributed by atoms with E-state index in [0.29, 0.717) is 13.1 Å². The first-order valence-electron chi connectivity index (χ1n) is 9.45. The third-order valence-corrected chi connectivity index (χ3v) is 4.46. The minimum Gasteiger partial charge on any atom is -0.357 e. The molecule has 0 bridgehead atoms. The molecule has 0 radical (unpaired) electrons. The van der Waals surface area contributed by atoms with Crippen LogP contribution in [0.3, 0.4) is 0 Å². The molecule has 2 heterocycles. The van der Waals surface area contributed by atoms with Crippen LogP contribution in [0.4, 0.5) is 10.6 Å². The number of carbonyl (C=O) groups excluding carboxylic acids is 2. The minimum absolute atomic E-state index is 0.0628. The van der Waals surface area contributed by atoms with E-state index in [-0.39, 0.29) is 24.4 Å². The number of hydrogen-bond acceptors (Lipinski definition) is 4. The Morgan fingerprint density at radius 3 is 2.58 bits per heavy atom. The second-order valence-electron chi connectivity index (χ2n) is 7.28. The van der Waals surface area contributed by atoms with E-state index in [9.17, 15) is 9.59 Å². The lowest BCUT2D eigenvalue weighted by Gasteiger charge is -2.31. The number of anilines is 1. The van der Waals surface area contributed by atoms with E-state index in [4.69, 9.17) is 0 Å². The number of nitrogens with one attached hydrogen (secondary N) is 3. The Morgan fingerprint density at radius 2 is 1.96 bits per heavy atom. The van der Waals surface area contributed by atoms with Crippen molar-refractivity contribution < 1.29 is 9.59 Å². The van der Waals surface area contributed by atoms with Crippen molar-refractivity contribution in [2.75, 3.05) is 24.5 Å². The van der Waals surface area contributed by atoms with Gasteiger partial charge >= 0.3 is 6.03 Å². The van der Waals surface area contributed by atoms with E-state index in [2.05, 4.69) is 32.8 Å². The highest BCUT2D eigenvalue weighted by Gasteiger charge is 2.16. The summed E-state index contributed by atoms with van der Waals surface area (Å²) < 4.78 is 0. The first kappa shape index (κ1) is 20.0. The van der Waals surface area contributed by atoms with Gasteiger partial charge in [-0.3, -0.25) is 4.79 Å². The molecule has 7 heteroatoms. The van der Waals surface area contributed by atoms with Gasteiger partial charge in [0.05, 0.1) is 0 Å². The van der Waals surface area contributed by atoms with Gasteiger partial charge in [0.25, 0.3) is 0 Å². The van der Waals surface area contributed by atoms with E-state index in [1.807, 2.05) is 32.2 Å². The first-order chi connectivity index (χ1) is 12.4. The summed E-state index contributed by atoms with van der Waals surface area (Å²) in [6.45, 7) is 8.94. The highest BCUT2D eigenvalue weighted by Crippen LogP contribution is 2.21. The van der Waals surface area contributed by atoms with Crippen LogP contribution in [0.15, 0.2) is 18.3 Å². The van der Waals surface area contributed by atoms with Crippen LogP contribution in [0.25, 0.3) is 0 Å². The second kappa shape index (κ2) is 9.99. The van der Waals surface area contributed by atoms with Crippen molar-refractivity contribution in [2.24, 2.45) is 5.92 Å². The van der Waals surface area contributed by atoms with E-state index >= 15 is 0 Å². The summed E-state index contributed by atoms with van der Waals surface area (Å²) in [4.78, 5) is 30.1. The fraction of sp³-hybridized carbons (Fsp3) is 0.632. The molecule has 0 aromatic carbocycles. The van der Waals surface area contributed by atoms with Gasteiger partial charge in [-0.2, -0.15) is 0 Å². The molecular weight excluding hydrogens is 330 g/mol. The maximum absolute atomic E-state index is 11.8. The fourth-order valence-corrected chi connectivity index (χ4v) is 2.87. The Morgan fingerprint density at radius 1 is 1.23 bits per heavy atom. The molecule has 3 N–H and O–H groups in total. The SMILES string of the molecule is CC1CCN(c2ccc(CNC(=O)NCCC(=O)NC(C)C)cn2)CC1. The molecule has 1 saturated heterocycles. The van der Waals surface area contributed by atoms with Crippen LogP contribution in [-0.4, -0.2) is 42.6 Å². The average molecular weight is 361 g/mol. The second-order valence-corrected chi connectivity index (χ2v) is 7.28. The van der Waals surface area contributed by atoms with Gasteiger partial charge < -0.3 is 20.9 Å². The van der Waals surface area contributed by atoms with E-state index < -0.39 is 0 Å². The minimum atomic E-state index is -0.281. The number of amides is 3. The number of urea groups is 1. The number of carbonyl (C=O) groups is 2. The molecule has 0 atom stereocenters. The van der Waals surface area contributed by atoms with Gasteiger partial charge in [-0.25, -0.2) is 9.78 Å². The lowest BCUT2D eigenvalue weighted by molar-refractivity contribution is -0.121. The Hall–Kier alpha value is -2.31. The molecule has 1 aliphatic heterocycles. The number of hydrogen-bond donors (Lipinski definition) is 3. The van der Waals surface area contributed by atoms with Crippen LogP contribution < -0.4 is 20.9 Å². The summed E-state index contributed by atoms with van der Waals surface area (Å²) in [6.07, 6.45) is 4.50. The monoisotopic (exact) mass is 361 g/mol. The number of rotatable bonds is 7. The van der Waals surface area contributed by atoms with Crippen LogP contribution >= 0.6 is 0 Å². The molecule has 0 unspecified atom stereocenters. The molecule has 7 nitrogen and oxygen atoms in total. The molecule has 0 saturated carbocycles. The number of pyridine rings is 1. The topological polar surface area (TPSA) is 86.4 Å². The van der Waals surface area contributed by atoms with Crippen LogP contribution in [0, 0.1) is 5.92 Å². The van der Waals surface area contributed by atoms with Crippen molar-refractivity contribution in [3.05, 3.63) is 23.9 Å². The zero-order valence-electron chi connectivity index (χ0n) is 16.0. The third kappa shape index (κ3) is 6.90. The quantitative estimate of drug-likeness (QED) is 0.694. The maximum Gasteiger partial charge on any atom is 0.315 e. The number of nitrogens with zero attached hydrogens (tertiary/aromatic N) is 2. The normalized spacial score (nSPS) is 15.0. The van der Waals surface area contributed by atoms with E-state index in [0.717, 1.165) is 30.4 Å². The molecule has 144 valence electrons. The molecule has 1 aromatic rings. The Labute approximate surface area is 155 Å². The molecule has 2 rings (SSSR count). The molecular formula is C19H31N5O2. The van der Waals surface area contributed by atoms with Crippen molar-refractivity contribution in [3.8, 4) is 0 Å². The number of aromatic nitrogens is 1. The van der Waals surface area contributed by atoms with Gasteiger partial charge in [-0.15, -0.1) is 0 Å². The van der Waals surface area contributed by atoms with Crippen molar-refractivity contribution in [3.63, 3.8) is 0 Å². The summed E-state index contributed by atoms with van der Waals surface area (Å²) in [6, 6.07) is 3.84. The van der Waals surface area contributed by atoms with Gasteiger partial charge in [-0.1, -0.05) is 13.0 Å². The van der Waals surface area contributed by atoms with Gasteiger partial charge in [0, 0.05) is 44.8 Å². The smallest absolute Gasteiger partial charge is 0.315 e. The lowest BCUT2D eigenvalue weighted by Crippen LogP contribution is -2.38. The van der Waals surface area contributed by atoms with Gasteiger partial charge in [0.2, 0.25) is 5.91 Å². The Bertz CT molecular complexity index is 580. The fourth-order valence-electron chi connectivity index (χ4n) is 2.87. The van der Waals surface area contributed by atoms with Gasteiger partial charge in [-0.05, 0) is 44.2 Å². The van der Waals surface area contributed by atoms with E-state index in [1.54, 1.807) is 0 Å². The van der Waals surface area contributed by atoms with Crippen molar-refractivity contribution in [1.29, 1.82) is 0 Å². The van der Waals surface area contributed by atoms with Crippen molar-refractivity contribution in [1.82, 2.24) is 20.9 Å². The summed E-state index contributed by atoms with van der Waals surface area (Å²) in [5.41, 5.74) is 0.951. The van der Waals surface area contributed by atoms with E-state index in [1.165, 1.54) is 12.8 Å². The van der Waals surface area contributed by atoms with Crippen LogP contribution in [-0.2, 0) is 11.3 Å². The Kier molecular flexibility index (Phi) is 7.69. The lowest BCUT2D eigenvalue weighted by atomic mass is 9.99. The summed E-state index contributed by atoms with van der Waals surface area (Å²) in [7, 11) is 0. The molecule has 0 spiro atoms. The molecule has 3 amide bonds. The van der Waals surface area contributed by atoms with Crippen molar-refractivity contribution in [2.45, 2.75) is 52.6 Å². The van der Waals surface area contributed by atoms with Crippen molar-refractivity contribution >= 4 is 17.8 Å². The molecule has 1 aromatic heterocycles. The average Bonchev–Trinajstić information content (AvgIpc) is 2.60. The molecule has 0 aliphatic carbocycles. The van der Waals surface area contributed by atoms with Crippen LogP contribution in [0.5, 0.6) is 0 Å². The highest BCUT2D eigenvalue weighted by molar-refractivity contribution is 5.78. The molecule has 1 fully saturated rings. The summed E-state index contributed by atoms with van der Waals surface area (Å²) >= 11 is 0. The molecule has 1 aliphatic rings.